The van der Waals surface area contributed by atoms with E-state index in [0.29, 0.717) is 25.6 Å². The highest BCUT2D eigenvalue weighted by atomic mass is 16.5. The van der Waals surface area contributed by atoms with Crippen LogP contribution < -0.4 is 4.74 Å². The van der Waals surface area contributed by atoms with Crippen molar-refractivity contribution in [2.24, 2.45) is 0 Å². The maximum absolute atomic E-state index is 11.9. The van der Waals surface area contributed by atoms with E-state index in [9.17, 15) is 4.79 Å². The number of urea groups is 1. The van der Waals surface area contributed by atoms with Crippen LogP contribution in [-0.2, 0) is 4.74 Å². The van der Waals surface area contributed by atoms with Gasteiger partial charge in [-0.15, -0.1) is 0 Å². The predicted molar refractivity (Wildman–Crippen MR) is 77.2 cm³/mol. The molecule has 2 aliphatic rings. The molecule has 114 valence electrons. The molecule has 0 aliphatic carbocycles. The summed E-state index contributed by atoms with van der Waals surface area (Å²) in [4.78, 5) is 19.5. The topological polar surface area (TPSA) is 54.9 Å². The van der Waals surface area contributed by atoms with Crippen LogP contribution in [0.25, 0.3) is 0 Å². The van der Waals surface area contributed by atoms with Gasteiger partial charge >= 0.3 is 6.03 Å². The highest BCUT2D eigenvalue weighted by Gasteiger charge is 2.50. The largest absolute Gasteiger partial charge is 0.474 e. The standard InChI is InChI=1S/C15H21N3O3/c1-17(2)14(19)18-10-15(11-18)9-12(6-8-20-15)21-13-5-3-4-7-16-13/h3-5,7,12H,6,8-11H2,1-2H3. The molecule has 6 heteroatoms. The third-order valence-corrected chi connectivity index (χ3v) is 3.98. The summed E-state index contributed by atoms with van der Waals surface area (Å²) in [7, 11) is 3.53. The first-order valence-corrected chi connectivity index (χ1v) is 7.26. The van der Waals surface area contributed by atoms with Crippen LogP contribution in [0, 0.1) is 0 Å². The van der Waals surface area contributed by atoms with Crippen molar-refractivity contribution < 1.29 is 14.3 Å². The van der Waals surface area contributed by atoms with Crippen molar-refractivity contribution in [2.45, 2.75) is 24.5 Å². The normalized spacial score (nSPS) is 23.5. The van der Waals surface area contributed by atoms with Gasteiger partial charge in [0.05, 0.1) is 19.7 Å². The second-order valence-electron chi connectivity index (χ2n) is 5.97. The Balaban J connectivity index is 1.56. The molecule has 1 atom stereocenters. The molecule has 2 amide bonds. The minimum absolute atomic E-state index is 0.0389. The molecular formula is C15H21N3O3. The smallest absolute Gasteiger partial charge is 0.319 e. The van der Waals surface area contributed by atoms with Crippen LogP contribution >= 0.6 is 0 Å². The summed E-state index contributed by atoms with van der Waals surface area (Å²) >= 11 is 0. The highest BCUT2D eigenvalue weighted by Crippen LogP contribution is 2.35. The Kier molecular flexibility index (Phi) is 3.71. The lowest BCUT2D eigenvalue weighted by Crippen LogP contribution is -2.68. The van der Waals surface area contributed by atoms with E-state index in [-0.39, 0.29) is 17.7 Å². The van der Waals surface area contributed by atoms with Gasteiger partial charge in [0.25, 0.3) is 0 Å². The third-order valence-electron chi connectivity index (χ3n) is 3.98. The molecule has 2 fully saturated rings. The zero-order valence-corrected chi connectivity index (χ0v) is 12.5. The summed E-state index contributed by atoms with van der Waals surface area (Å²) in [5, 5.41) is 0. The Hall–Kier alpha value is -1.82. The molecule has 3 rings (SSSR count). The fourth-order valence-electron chi connectivity index (χ4n) is 2.96. The fourth-order valence-corrected chi connectivity index (χ4v) is 2.96. The molecule has 2 saturated heterocycles. The van der Waals surface area contributed by atoms with Crippen molar-refractivity contribution in [3.63, 3.8) is 0 Å². The van der Waals surface area contributed by atoms with E-state index in [1.165, 1.54) is 0 Å². The summed E-state index contributed by atoms with van der Waals surface area (Å²) in [6.45, 7) is 1.96. The van der Waals surface area contributed by atoms with Gasteiger partial charge in [-0.3, -0.25) is 0 Å². The summed E-state index contributed by atoms with van der Waals surface area (Å²) in [5.74, 6) is 0.653. The number of carbonyl (C=O) groups excluding carboxylic acids is 1. The molecule has 3 heterocycles. The average Bonchev–Trinajstić information content (AvgIpc) is 2.45. The zero-order valence-electron chi connectivity index (χ0n) is 12.5. The maximum atomic E-state index is 11.9. The number of nitrogens with zero attached hydrogens (tertiary/aromatic N) is 3. The van der Waals surface area contributed by atoms with Gasteiger partial charge in [-0.25, -0.2) is 9.78 Å². The summed E-state index contributed by atoms with van der Waals surface area (Å²) < 4.78 is 11.8. The van der Waals surface area contributed by atoms with Gasteiger partial charge < -0.3 is 19.3 Å². The minimum atomic E-state index is -0.233. The molecule has 0 N–H and O–H groups in total. The van der Waals surface area contributed by atoms with E-state index in [4.69, 9.17) is 9.47 Å². The molecule has 1 aromatic heterocycles. The Bertz CT molecular complexity index is 500. The van der Waals surface area contributed by atoms with Gasteiger partial charge in [0, 0.05) is 39.2 Å². The fraction of sp³-hybridized carbons (Fsp3) is 0.600. The number of hydrogen-bond donors (Lipinski definition) is 0. The second-order valence-corrected chi connectivity index (χ2v) is 5.97. The van der Waals surface area contributed by atoms with Gasteiger partial charge in [0.1, 0.15) is 11.7 Å². The van der Waals surface area contributed by atoms with Crippen molar-refractivity contribution >= 4 is 6.03 Å². The van der Waals surface area contributed by atoms with Crippen LogP contribution in [0.3, 0.4) is 0 Å². The molecule has 0 saturated carbocycles. The average molecular weight is 291 g/mol. The molecule has 0 radical (unpaired) electrons. The monoisotopic (exact) mass is 291 g/mol. The Morgan fingerprint density at radius 3 is 2.95 bits per heavy atom. The number of rotatable bonds is 2. The van der Waals surface area contributed by atoms with Crippen molar-refractivity contribution in [3.8, 4) is 5.88 Å². The number of hydrogen-bond acceptors (Lipinski definition) is 4. The summed E-state index contributed by atoms with van der Waals surface area (Å²) in [5.41, 5.74) is -0.233. The van der Waals surface area contributed by atoms with Crippen LogP contribution in [0.15, 0.2) is 24.4 Å². The number of carbonyl (C=O) groups is 1. The molecular weight excluding hydrogens is 270 g/mol. The second kappa shape index (κ2) is 5.52. The van der Waals surface area contributed by atoms with Gasteiger partial charge in [-0.1, -0.05) is 6.07 Å². The zero-order chi connectivity index (χ0) is 14.9. The lowest BCUT2D eigenvalue weighted by atomic mass is 9.85. The number of amides is 2. The van der Waals surface area contributed by atoms with Gasteiger partial charge in [-0.2, -0.15) is 0 Å². The maximum Gasteiger partial charge on any atom is 0.319 e. The van der Waals surface area contributed by atoms with E-state index in [1.54, 1.807) is 25.2 Å². The number of pyridine rings is 1. The first-order chi connectivity index (χ1) is 10.1. The minimum Gasteiger partial charge on any atom is -0.474 e. The van der Waals surface area contributed by atoms with Crippen LogP contribution in [0.5, 0.6) is 5.88 Å². The first kappa shape index (κ1) is 14.1. The van der Waals surface area contributed by atoms with Crippen molar-refractivity contribution in [3.05, 3.63) is 24.4 Å². The third kappa shape index (κ3) is 2.95. The number of ether oxygens (including phenoxy) is 2. The molecule has 6 nitrogen and oxygen atoms in total. The molecule has 21 heavy (non-hydrogen) atoms. The van der Waals surface area contributed by atoms with Gasteiger partial charge in [0.15, 0.2) is 0 Å². The van der Waals surface area contributed by atoms with Crippen molar-refractivity contribution in [1.82, 2.24) is 14.8 Å². The van der Waals surface area contributed by atoms with E-state index >= 15 is 0 Å². The quantitative estimate of drug-likeness (QED) is 0.826. The van der Waals surface area contributed by atoms with Gasteiger partial charge in [-0.05, 0) is 6.07 Å². The first-order valence-electron chi connectivity index (χ1n) is 7.26. The van der Waals surface area contributed by atoms with Crippen molar-refractivity contribution in [2.75, 3.05) is 33.8 Å². The van der Waals surface area contributed by atoms with E-state index in [2.05, 4.69) is 4.98 Å². The predicted octanol–water partition coefficient (Wildman–Crippen LogP) is 1.38. The number of likely N-dealkylation sites (tertiary alicyclic amines) is 1. The Morgan fingerprint density at radius 1 is 1.48 bits per heavy atom. The van der Waals surface area contributed by atoms with Crippen LogP contribution in [0.2, 0.25) is 0 Å². The van der Waals surface area contributed by atoms with E-state index < -0.39 is 0 Å². The molecule has 1 spiro atoms. The van der Waals surface area contributed by atoms with Crippen LogP contribution in [0.4, 0.5) is 4.79 Å². The molecule has 1 unspecified atom stereocenters. The van der Waals surface area contributed by atoms with Crippen LogP contribution in [0.1, 0.15) is 12.8 Å². The summed E-state index contributed by atoms with van der Waals surface area (Å²) in [6, 6.07) is 5.69. The molecule has 0 bridgehead atoms. The molecule has 0 aromatic carbocycles. The van der Waals surface area contributed by atoms with Crippen LogP contribution in [-0.4, -0.2) is 66.3 Å². The highest BCUT2D eigenvalue weighted by molar-refractivity contribution is 5.75. The van der Waals surface area contributed by atoms with Crippen molar-refractivity contribution in [1.29, 1.82) is 0 Å². The molecule has 2 aliphatic heterocycles. The lowest BCUT2D eigenvalue weighted by molar-refractivity contribution is -0.174. The lowest BCUT2D eigenvalue weighted by Gasteiger charge is -2.53. The molecule has 1 aromatic rings. The van der Waals surface area contributed by atoms with Gasteiger partial charge in [0.2, 0.25) is 5.88 Å². The van der Waals surface area contributed by atoms with E-state index in [1.807, 2.05) is 23.1 Å². The number of aromatic nitrogens is 1. The Morgan fingerprint density at radius 2 is 2.29 bits per heavy atom. The van der Waals surface area contributed by atoms with E-state index in [0.717, 1.165) is 12.8 Å². The SMILES string of the molecule is CN(C)C(=O)N1CC2(CC(Oc3ccccn3)CCO2)C1. The Labute approximate surface area is 124 Å². The summed E-state index contributed by atoms with van der Waals surface area (Å²) in [6.07, 6.45) is 3.50.